The molecule has 1 aliphatic heterocycles. The van der Waals surface area contributed by atoms with Crippen LogP contribution in [-0.4, -0.2) is 42.6 Å². The van der Waals surface area contributed by atoms with Crippen molar-refractivity contribution < 1.29 is 14.1 Å². The summed E-state index contributed by atoms with van der Waals surface area (Å²) in [6.07, 6.45) is 5.56. The molecule has 1 aromatic rings. The van der Waals surface area contributed by atoms with Crippen LogP contribution in [0.3, 0.4) is 0 Å². The van der Waals surface area contributed by atoms with Crippen molar-refractivity contribution in [1.82, 2.24) is 4.90 Å². The highest BCUT2D eigenvalue weighted by molar-refractivity contribution is 8.24. The van der Waals surface area contributed by atoms with Crippen molar-refractivity contribution in [2.45, 2.75) is 24.8 Å². The summed E-state index contributed by atoms with van der Waals surface area (Å²) in [4.78, 5) is 11.8. The van der Waals surface area contributed by atoms with Crippen LogP contribution >= 0.6 is 24.0 Å². The lowest BCUT2D eigenvalue weighted by Crippen LogP contribution is -2.47. The van der Waals surface area contributed by atoms with Crippen molar-refractivity contribution in [3.63, 3.8) is 0 Å². The van der Waals surface area contributed by atoms with Gasteiger partial charge in [-0.1, -0.05) is 30.1 Å². The van der Waals surface area contributed by atoms with Crippen LogP contribution in [0.4, 0.5) is 5.88 Å². The third kappa shape index (κ3) is 3.85. The molecule has 0 aliphatic carbocycles. The molecular formula is C15H17N3O4S2. The molecule has 2 rings (SSSR count). The maximum Gasteiger partial charge on any atom is 0.433 e. The molecule has 128 valence electrons. The van der Waals surface area contributed by atoms with Gasteiger partial charge >= 0.3 is 5.88 Å². The van der Waals surface area contributed by atoms with E-state index in [0.29, 0.717) is 16.6 Å². The topological polar surface area (TPSA) is 85.6 Å². The zero-order valence-corrected chi connectivity index (χ0v) is 14.9. The van der Waals surface area contributed by atoms with Gasteiger partial charge in [-0.3, -0.25) is 15.0 Å². The molecule has 24 heavy (non-hydrogen) atoms. The van der Waals surface area contributed by atoms with Crippen molar-refractivity contribution in [2.75, 3.05) is 6.54 Å². The Balaban J connectivity index is 2.18. The Hall–Kier alpha value is -2.13. The summed E-state index contributed by atoms with van der Waals surface area (Å²) in [5.41, 5.74) is 0. The van der Waals surface area contributed by atoms with Gasteiger partial charge in [0.1, 0.15) is 19.8 Å². The second-order valence-electron chi connectivity index (χ2n) is 5.59. The fourth-order valence-corrected chi connectivity index (χ4v) is 4.30. The molecule has 1 fully saturated rings. The van der Waals surface area contributed by atoms with E-state index in [1.165, 1.54) is 42.3 Å². The molecule has 1 atom stereocenters. The third-order valence-corrected chi connectivity index (χ3v) is 4.99. The number of nitro groups is 1. The van der Waals surface area contributed by atoms with E-state index in [0.717, 1.165) is 4.74 Å². The van der Waals surface area contributed by atoms with Gasteiger partial charge in [0, 0.05) is 12.6 Å². The Morgan fingerprint density at radius 1 is 1.50 bits per heavy atom. The number of nitrogens with zero attached hydrogens (tertiary/aromatic N) is 3. The van der Waals surface area contributed by atoms with E-state index in [9.17, 15) is 15.3 Å². The fraction of sp³-hybridized carbons (Fsp3) is 0.333. The van der Waals surface area contributed by atoms with Gasteiger partial charge in [0.05, 0.1) is 6.07 Å². The number of hydroxylamine groups is 1. The lowest BCUT2D eigenvalue weighted by atomic mass is 10.1. The van der Waals surface area contributed by atoms with Crippen LogP contribution in [-0.2, 0) is 0 Å². The highest BCUT2D eigenvalue weighted by atomic mass is 32.2. The average Bonchev–Trinajstić information content (AvgIpc) is 3.02. The van der Waals surface area contributed by atoms with E-state index in [2.05, 4.69) is 6.58 Å². The van der Waals surface area contributed by atoms with E-state index in [1.807, 2.05) is 18.7 Å². The molecule has 0 bridgehead atoms. The Bertz CT molecular complexity index is 724. The number of hydrogen-bond donors (Lipinski definition) is 0. The van der Waals surface area contributed by atoms with E-state index >= 15 is 0 Å². The smallest absolute Gasteiger partial charge is 0.433 e. The SMILES string of the molecule is C=CCN1C(=S)SC(C)(C)C1/[N+]([O-])=C/C=C/c1ccc([N+](=O)[O-])o1. The van der Waals surface area contributed by atoms with Crippen LogP contribution < -0.4 is 0 Å². The van der Waals surface area contributed by atoms with Gasteiger partial charge in [0.25, 0.3) is 6.17 Å². The van der Waals surface area contributed by atoms with Crippen molar-refractivity contribution in [2.24, 2.45) is 0 Å². The third-order valence-electron chi connectivity index (χ3n) is 3.35. The average molecular weight is 367 g/mol. The highest BCUT2D eigenvalue weighted by Crippen LogP contribution is 2.41. The lowest BCUT2D eigenvalue weighted by Gasteiger charge is -2.28. The second kappa shape index (κ2) is 7.18. The summed E-state index contributed by atoms with van der Waals surface area (Å²) in [6, 6.07) is 2.72. The maximum absolute atomic E-state index is 12.5. The zero-order valence-electron chi connectivity index (χ0n) is 13.2. The molecule has 7 nitrogen and oxygen atoms in total. The molecule has 1 aromatic heterocycles. The van der Waals surface area contributed by atoms with Crippen molar-refractivity contribution in [3.8, 4) is 0 Å². The molecule has 0 radical (unpaired) electrons. The monoisotopic (exact) mass is 367 g/mol. The van der Waals surface area contributed by atoms with Crippen LogP contribution in [0.15, 0.2) is 35.3 Å². The van der Waals surface area contributed by atoms with Crippen molar-refractivity contribution in [1.29, 1.82) is 0 Å². The fourth-order valence-electron chi connectivity index (χ4n) is 2.40. The van der Waals surface area contributed by atoms with Crippen LogP contribution in [0, 0.1) is 15.3 Å². The van der Waals surface area contributed by atoms with E-state index in [4.69, 9.17) is 16.6 Å². The number of thioether (sulfide) groups is 1. The minimum atomic E-state index is -0.618. The van der Waals surface area contributed by atoms with E-state index in [1.54, 1.807) is 6.08 Å². The number of rotatable bonds is 6. The largest absolute Gasteiger partial charge is 0.622 e. The van der Waals surface area contributed by atoms with Crippen LogP contribution in [0.5, 0.6) is 0 Å². The molecule has 0 spiro atoms. The number of hydrogen-bond acceptors (Lipinski definition) is 6. The Morgan fingerprint density at radius 3 is 2.79 bits per heavy atom. The molecular weight excluding hydrogens is 350 g/mol. The van der Waals surface area contributed by atoms with Crippen LogP contribution in [0.25, 0.3) is 6.08 Å². The summed E-state index contributed by atoms with van der Waals surface area (Å²) in [5.74, 6) is -0.0469. The number of thiocarbonyl (C=S) groups is 1. The Morgan fingerprint density at radius 2 is 2.21 bits per heavy atom. The van der Waals surface area contributed by atoms with Crippen LogP contribution in [0.1, 0.15) is 19.6 Å². The molecule has 1 saturated heterocycles. The Labute approximate surface area is 149 Å². The first-order chi connectivity index (χ1) is 11.3. The first-order valence-electron chi connectivity index (χ1n) is 7.08. The van der Waals surface area contributed by atoms with E-state index < -0.39 is 11.1 Å². The summed E-state index contributed by atoms with van der Waals surface area (Å²) < 4.78 is 6.10. The van der Waals surface area contributed by atoms with Gasteiger partial charge < -0.3 is 9.62 Å². The molecule has 9 heteroatoms. The quantitative estimate of drug-likeness (QED) is 0.145. The number of allylic oxidation sites excluding steroid dienone is 1. The van der Waals surface area contributed by atoms with Gasteiger partial charge in [0.2, 0.25) is 0 Å². The van der Waals surface area contributed by atoms with Gasteiger partial charge in [-0.15, -0.1) is 6.58 Å². The molecule has 1 unspecified atom stereocenters. The Kier molecular flexibility index (Phi) is 5.45. The summed E-state index contributed by atoms with van der Waals surface area (Å²) >= 11 is 6.81. The zero-order chi connectivity index (χ0) is 17.9. The van der Waals surface area contributed by atoms with Gasteiger partial charge in [0.15, 0.2) is 6.21 Å². The molecule has 0 aromatic carbocycles. The van der Waals surface area contributed by atoms with Gasteiger partial charge in [-0.05, 0) is 26.0 Å². The summed E-state index contributed by atoms with van der Waals surface area (Å²) in [5, 5.41) is 23.1. The van der Waals surface area contributed by atoms with Crippen molar-refractivity contribution >= 4 is 46.5 Å². The lowest BCUT2D eigenvalue weighted by molar-refractivity contribution is -0.522. The second-order valence-corrected chi connectivity index (χ2v) is 7.88. The molecule has 1 aliphatic rings. The molecule has 2 heterocycles. The molecule has 0 N–H and O–H groups in total. The summed E-state index contributed by atoms with van der Waals surface area (Å²) in [6.45, 7) is 8.09. The first-order valence-corrected chi connectivity index (χ1v) is 8.30. The standard InChI is InChI=1S/C15H17N3O4S2/c1-4-9-16-13(15(2,3)24-14(16)23)17(19)10-5-6-11-7-8-12(22-11)18(20)21/h4-8,10,13H,1,9H2,2-3H3/b6-5+,17-10-. The van der Waals surface area contributed by atoms with E-state index in [-0.39, 0.29) is 10.6 Å². The minimum absolute atomic E-state index is 0.296. The predicted molar refractivity (Wildman–Crippen MR) is 99.0 cm³/mol. The first kappa shape index (κ1) is 18.2. The highest BCUT2D eigenvalue weighted by Gasteiger charge is 2.49. The summed E-state index contributed by atoms with van der Waals surface area (Å²) in [7, 11) is 0. The minimum Gasteiger partial charge on any atom is -0.622 e. The normalized spacial score (nSPS) is 20.8. The van der Waals surface area contributed by atoms with Gasteiger partial charge in [-0.2, -0.15) is 4.74 Å². The molecule has 0 amide bonds. The van der Waals surface area contributed by atoms with Gasteiger partial charge in [-0.25, -0.2) is 0 Å². The molecule has 0 saturated carbocycles. The number of furan rings is 1. The predicted octanol–water partition coefficient (Wildman–Crippen LogP) is 3.41. The maximum atomic E-state index is 12.5. The van der Waals surface area contributed by atoms with Crippen LogP contribution in [0.2, 0.25) is 0 Å². The van der Waals surface area contributed by atoms with Crippen molar-refractivity contribution in [3.05, 3.63) is 51.9 Å².